The van der Waals surface area contributed by atoms with E-state index in [9.17, 15) is 0 Å². The number of thioether (sulfide) groups is 1. The molecule has 0 amide bonds. The van der Waals surface area contributed by atoms with Crippen molar-refractivity contribution in [3.05, 3.63) is 0 Å². The highest BCUT2D eigenvalue weighted by Gasteiger charge is 2.05. The molecule has 0 aliphatic rings. The fraction of sp³-hybridized carbons (Fsp3) is 0.857. The van der Waals surface area contributed by atoms with Crippen molar-refractivity contribution in [3.8, 4) is 0 Å². The van der Waals surface area contributed by atoms with Crippen LogP contribution in [0.5, 0.6) is 0 Å². The number of aliphatic imine (C=N–C) groups is 1. The molecule has 11 heavy (non-hydrogen) atoms. The van der Waals surface area contributed by atoms with E-state index in [-0.39, 0.29) is 5.96 Å². The summed E-state index contributed by atoms with van der Waals surface area (Å²) >= 11 is 1.77. The molecule has 3 nitrogen and oxygen atoms in total. The lowest BCUT2D eigenvalue weighted by Gasteiger charge is -2.12. The fourth-order valence-corrected chi connectivity index (χ4v) is 1.27. The van der Waals surface area contributed by atoms with Crippen LogP contribution in [-0.4, -0.2) is 17.1 Å². The SMILES string of the molecule is CC(C)C(C)SCN=C(N)N. The van der Waals surface area contributed by atoms with E-state index in [2.05, 4.69) is 25.8 Å². The molecule has 1 unspecified atom stereocenters. The third-order valence-corrected chi connectivity index (χ3v) is 2.87. The Morgan fingerprint density at radius 1 is 1.36 bits per heavy atom. The predicted molar refractivity (Wildman–Crippen MR) is 52.6 cm³/mol. The van der Waals surface area contributed by atoms with Gasteiger partial charge in [0.05, 0.1) is 5.88 Å². The monoisotopic (exact) mass is 175 g/mol. The topological polar surface area (TPSA) is 64.4 Å². The summed E-state index contributed by atoms with van der Waals surface area (Å²) in [6.45, 7) is 6.55. The number of hydrogen-bond donors (Lipinski definition) is 2. The van der Waals surface area contributed by atoms with E-state index in [0.29, 0.717) is 17.0 Å². The molecule has 66 valence electrons. The third-order valence-electron chi connectivity index (χ3n) is 1.52. The number of guanidine groups is 1. The molecular weight excluding hydrogens is 158 g/mol. The van der Waals surface area contributed by atoms with E-state index in [4.69, 9.17) is 11.5 Å². The van der Waals surface area contributed by atoms with Crippen molar-refractivity contribution in [2.45, 2.75) is 26.0 Å². The zero-order valence-corrected chi connectivity index (χ0v) is 8.19. The van der Waals surface area contributed by atoms with Crippen LogP contribution in [0.1, 0.15) is 20.8 Å². The summed E-state index contributed by atoms with van der Waals surface area (Å²) in [5.41, 5.74) is 10.3. The van der Waals surface area contributed by atoms with Crippen LogP contribution in [-0.2, 0) is 0 Å². The summed E-state index contributed by atoms with van der Waals surface area (Å²) in [5.74, 6) is 1.52. The Bertz CT molecular complexity index is 130. The van der Waals surface area contributed by atoms with Crippen molar-refractivity contribution in [1.82, 2.24) is 0 Å². The van der Waals surface area contributed by atoms with Gasteiger partial charge in [0, 0.05) is 5.25 Å². The van der Waals surface area contributed by atoms with Gasteiger partial charge in [-0.1, -0.05) is 20.8 Å². The van der Waals surface area contributed by atoms with Gasteiger partial charge in [-0.15, -0.1) is 11.8 Å². The molecule has 0 fully saturated rings. The fourth-order valence-electron chi connectivity index (χ4n) is 0.422. The highest BCUT2D eigenvalue weighted by atomic mass is 32.2. The van der Waals surface area contributed by atoms with Gasteiger partial charge in [0.1, 0.15) is 0 Å². The molecule has 0 saturated carbocycles. The maximum Gasteiger partial charge on any atom is 0.186 e. The van der Waals surface area contributed by atoms with Crippen LogP contribution in [0.4, 0.5) is 0 Å². The van der Waals surface area contributed by atoms with Crippen LogP contribution in [0.3, 0.4) is 0 Å². The van der Waals surface area contributed by atoms with Crippen LogP contribution in [0, 0.1) is 5.92 Å². The second-order valence-corrected chi connectivity index (χ2v) is 4.16. The summed E-state index contributed by atoms with van der Waals surface area (Å²) < 4.78 is 0. The molecule has 1 atom stereocenters. The Hall–Kier alpha value is -0.380. The highest BCUT2D eigenvalue weighted by Crippen LogP contribution is 2.18. The molecule has 0 aromatic rings. The van der Waals surface area contributed by atoms with Gasteiger partial charge in [-0.05, 0) is 5.92 Å². The average molecular weight is 175 g/mol. The van der Waals surface area contributed by atoms with Gasteiger partial charge in [0.15, 0.2) is 5.96 Å². The first-order valence-corrected chi connectivity index (χ1v) is 4.76. The quantitative estimate of drug-likeness (QED) is 0.495. The number of nitrogens with zero attached hydrogens (tertiary/aromatic N) is 1. The molecule has 0 aliphatic carbocycles. The molecule has 0 aliphatic heterocycles. The summed E-state index contributed by atoms with van der Waals surface area (Å²) in [6, 6.07) is 0. The number of rotatable bonds is 4. The summed E-state index contributed by atoms with van der Waals surface area (Å²) in [6.07, 6.45) is 0. The lowest BCUT2D eigenvalue weighted by molar-refractivity contribution is 0.642. The summed E-state index contributed by atoms with van der Waals surface area (Å²) in [7, 11) is 0. The Kier molecular flexibility index (Phi) is 5.11. The van der Waals surface area contributed by atoms with Gasteiger partial charge >= 0.3 is 0 Å². The van der Waals surface area contributed by atoms with Crippen molar-refractivity contribution in [3.63, 3.8) is 0 Å². The third kappa shape index (κ3) is 6.04. The minimum atomic E-state index is 0.174. The lowest BCUT2D eigenvalue weighted by atomic mass is 10.2. The van der Waals surface area contributed by atoms with E-state index in [1.807, 2.05) is 0 Å². The Labute approximate surface area is 72.6 Å². The van der Waals surface area contributed by atoms with Gasteiger partial charge in [-0.25, -0.2) is 4.99 Å². The van der Waals surface area contributed by atoms with Crippen LogP contribution in [0.2, 0.25) is 0 Å². The van der Waals surface area contributed by atoms with Gasteiger partial charge in [-0.3, -0.25) is 0 Å². The summed E-state index contributed by atoms with van der Waals surface area (Å²) in [5, 5.41) is 0.609. The number of hydrogen-bond acceptors (Lipinski definition) is 2. The standard InChI is InChI=1S/C7H17N3S/c1-5(2)6(3)11-4-10-7(8)9/h5-6H,4H2,1-3H3,(H4,8,9,10). The molecule has 0 aromatic heterocycles. The van der Waals surface area contributed by atoms with Crippen molar-refractivity contribution in [2.75, 3.05) is 5.88 Å². The maximum absolute atomic E-state index is 5.17. The van der Waals surface area contributed by atoms with E-state index in [1.54, 1.807) is 11.8 Å². The first-order valence-electron chi connectivity index (χ1n) is 3.71. The Morgan fingerprint density at radius 3 is 2.27 bits per heavy atom. The minimum absolute atomic E-state index is 0.174. The van der Waals surface area contributed by atoms with Gasteiger partial charge < -0.3 is 11.5 Å². The molecule has 0 bridgehead atoms. The second-order valence-electron chi connectivity index (χ2n) is 2.83. The van der Waals surface area contributed by atoms with Crippen molar-refractivity contribution >= 4 is 17.7 Å². The average Bonchev–Trinajstić information content (AvgIpc) is 1.86. The zero-order chi connectivity index (χ0) is 8.85. The molecule has 0 spiro atoms. The minimum Gasteiger partial charge on any atom is -0.370 e. The van der Waals surface area contributed by atoms with Gasteiger partial charge in [0.2, 0.25) is 0 Å². The lowest BCUT2D eigenvalue weighted by Crippen LogP contribution is -2.23. The van der Waals surface area contributed by atoms with E-state index < -0.39 is 0 Å². The van der Waals surface area contributed by atoms with Gasteiger partial charge in [-0.2, -0.15) is 0 Å². The van der Waals surface area contributed by atoms with Crippen LogP contribution < -0.4 is 11.5 Å². The van der Waals surface area contributed by atoms with Crippen molar-refractivity contribution in [2.24, 2.45) is 22.4 Å². The molecule has 0 heterocycles. The molecule has 4 heteroatoms. The van der Waals surface area contributed by atoms with E-state index in [0.717, 1.165) is 0 Å². The Morgan fingerprint density at radius 2 is 1.91 bits per heavy atom. The van der Waals surface area contributed by atoms with Crippen LogP contribution in [0.15, 0.2) is 4.99 Å². The number of nitrogens with two attached hydrogens (primary N) is 2. The molecule has 0 rings (SSSR count). The van der Waals surface area contributed by atoms with Gasteiger partial charge in [0.25, 0.3) is 0 Å². The maximum atomic E-state index is 5.17. The molecule has 0 aromatic carbocycles. The largest absolute Gasteiger partial charge is 0.370 e. The predicted octanol–water partition coefficient (Wildman–Crippen LogP) is 0.995. The Balaban J connectivity index is 3.47. The second kappa shape index (κ2) is 5.29. The van der Waals surface area contributed by atoms with Crippen molar-refractivity contribution < 1.29 is 0 Å². The van der Waals surface area contributed by atoms with E-state index in [1.165, 1.54) is 0 Å². The van der Waals surface area contributed by atoms with E-state index >= 15 is 0 Å². The molecule has 0 saturated heterocycles. The summed E-state index contributed by atoms with van der Waals surface area (Å²) in [4.78, 5) is 3.88. The van der Waals surface area contributed by atoms with Crippen molar-refractivity contribution in [1.29, 1.82) is 0 Å². The smallest absolute Gasteiger partial charge is 0.186 e. The zero-order valence-electron chi connectivity index (χ0n) is 7.37. The first-order chi connectivity index (χ1) is 5.04. The molecule has 0 radical (unpaired) electrons. The van der Waals surface area contributed by atoms with Crippen LogP contribution in [0.25, 0.3) is 0 Å². The molecule has 4 N–H and O–H groups in total. The first kappa shape index (κ1) is 10.6. The normalized spacial score (nSPS) is 13.1. The van der Waals surface area contributed by atoms with Crippen LogP contribution >= 0.6 is 11.8 Å². The highest BCUT2D eigenvalue weighted by molar-refractivity contribution is 7.99. The molecular formula is C7H17N3S.